The zero-order valence-electron chi connectivity index (χ0n) is 18.6. The summed E-state index contributed by atoms with van der Waals surface area (Å²) in [6.45, 7) is 0. The number of primary amides is 1. The number of nitrogens with zero attached hydrogens (tertiary/aromatic N) is 3. The fourth-order valence-electron chi connectivity index (χ4n) is 4.62. The van der Waals surface area contributed by atoms with Gasteiger partial charge in [-0.15, -0.1) is 0 Å². The lowest BCUT2D eigenvalue weighted by Gasteiger charge is -2.22. The third-order valence-corrected chi connectivity index (χ3v) is 6.31. The van der Waals surface area contributed by atoms with Crippen molar-refractivity contribution in [2.45, 2.75) is 24.9 Å². The molecule has 0 radical (unpaired) electrons. The molecule has 0 bridgehead atoms. The molecular formula is C26H23N5O4. The Balaban J connectivity index is 1.63. The highest BCUT2D eigenvalue weighted by molar-refractivity contribution is 5.92. The molecule has 4 heterocycles. The quantitative estimate of drug-likeness (QED) is 0.281. The lowest BCUT2D eigenvalue weighted by Crippen LogP contribution is -2.16. The number of fused-ring (bicyclic) bond motifs is 2. The molecule has 1 amide bonds. The number of aromatic nitrogens is 4. The monoisotopic (exact) mass is 469 g/mol. The maximum atomic E-state index is 11.9. The van der Waals surface area contributed by atoms with Gasteiger partial charge in [0.2, 0.25) is 5.91 Å². The summed E-state index contributed by atoms with van der Waals surface area (Å²) in [6, 6.07) is 12.8. The number of aromatic amines is 1. The van der Waals surface area contributed by atoms with E-state index in [1.807, 2.05) is 30.3 Å². The SMILES string of the molecule is NC(=O)CCC(c1cn(C(=O)O)c2ccccc12)C(O)c1c[nH]c2ncc(-c3cccnc3)cc12. The molecule has 176 valence electrons. The summed E-state index contributed by atoms with van der Waals surface area (Å²) in [4.78, 5) is 35.3. The van der Waals surface area contributed by atoms with Crippen molar-refractivity contribution in [1.82, 2.24) is 19.5 Å². The van der Waals surface area contributed by atoms with Gasteiger partial charge in [0.25, 0.3) is 0 Å². The molecule has 0 saturated heterocycles. The molecule has 0 spiro atoms. The van der Waals surface area contributed by atoms with E-state index in [-0.39, 0.29) is 12.8 Å². The van der Waals surface area contributed by atoms with Gasteiger partial charge in [-0.3, -0.25) is 14.3 Å². The number of nitrogens with one attached hydrogen (secondary N) is 1. The number of carbonyl (C=O) groups excluding carboxylic acids is 1. The average molecular weight is 470 g/mol. The van der Waals surface area contributed by atoms with E-state index in [1.54, 1.807) is 36.9 Å². The number of nitrogens with two attached hydrogens (primary N) is 1. The lowest BCUT2D eigenvalue weighted by molar-refractivity contribution is -0.118. The Labute approximate surface area is 199 Å². The normalized spacial score (nSPS) is 13.2. The number of para-hydroxylation sites is 1. The molecule has 5 aromatic rings. The summed E-state index contributed by atoms with van der Waals surface area (Å²) in [5.74, 6) is -1.09. The molecule has 0 fully saturated rings. The number of hydrogen-bond donors (Lipinski definition) is 4. The van der Waals surface area contributed by atoms with Crippen LogP contribution in [0.2, 0.25) is 0 Å². The van der Waals surface area contributed by atoms with E-state index in [2.05, 4.69) is 15.0 Å². The number of amides is 1. The van der Waals surface area contributed by atoms with E-state index >= 15 is 0 Å². The molecule has 2 unspecified atom stereocenters. The van der Waals surface area contributed by atoms with Gasteiger partial charge in [-0.1, -0.05) is 24.3 Å². The third kappa shape index (κ3) is 4.13. The minimum Gasteiger partial charge on any atom is -0.464 e. The van der Waals surface area contributed by atoms with E-state index in [0.717, 1.165) is 21.1 Å². The Kier molecular flexibility index (Phi) is 5.76. The number of carboxylic acid groups (broad SMARTS) is 1. The van der Waals surface area contributed by atoms with Crippen molar-refractivity contribution in [3.05, 3.63) is 84.6 Å². The molecule has 5 rings (SSSR count). The highest BCUT2D eigenvalue weighted by atomic mass is 16.4. The second-order valence-electron chi connectivity index (χ2n) is 8.42. The van der Waals surface area contributed by atoms with Crippen LogP contribution < -0.4 is 5.73 Å². The Morgan fingerprint density at radius 3 is 2.63 bits per heavy atom. The Morgan fingerprint density at radius 1 is 1.06 bits per heavy atom. The topological polar surface area (TPSA) is 147 Å². The molecule has 0 aliphatic carbocycles. The third-order valence-electron chi connectivity index (χ3n) is 6.31. The van der Waals surface area contributed by atoms with Crippen molar-refractivity contribution < 1.29 is 19.8 Å². The molecule has 9 nitrogen and oxygen atoms in total. The van der Waals surface area contributed by atoms with E-state index in [0.29, 0.717) is 27.7 Å². The first-order valence-corrected chi connectivity index (χ1v) is 11.1. The van der Waals surface area contributed by atoms with E-state index in [9.17, 15) is 19.8 Å². The van der Waals surface area contributed by atoms with Crippen LogP contribution in [0, 0.1) is 0 Å². The minimum absolute atomic E-state index is 0.0375. The number of pyridine rings is 2. The van der Waals surface area contributed by atoms with Crippen LogP contribution in [0.4, 0.5) is 4.79 Å². The van der Waals surface area contributed by atoms with Crippen LogP contribution in [0.3, 0.4) is 0 Å². The maximum Gasteiger partial charge on any atom is 0.416 e. The highest BCUT2D eigenvalue weighted by Crippen LogP contribution is 2.41. The Hall–Kier alpha value is -4.50. The molecule has 2 atom stereocenters. The van der Waals surface area contributed by atoms with Crippen LogP contribution in [0.25, 0.3) is 33.1 Å². The largest absolute Gasteiger partial charge is 0.464 e. The molecular weight excluding hydrogens is 446 g/mol. The molecule has 9 heteroatoms. The first-order valence-electron chi connectivity index (χ1n) is 11.1. The number of hydrogen-bond acceptors (Lipinski definition) is 5. The van der Waals surface area contributed by atoms with E-state index in [1.165, 1.54) is 6.20 Å². The predicted octanol–water partition coefficient (Wildman–Crippen LogP) is 4.19. The lowest BCUT2D eigenvalue weighted by atomic mass is 9.85. The van der Waals surface area contributed by atoms with Crippen molar-refractivity contribution in [1.29, 1.82) is 0 Å². The van der Waals surface area contributed by atoms with E-state index < -0.39 is 24.0 Å². The second kappa shape index (κ2) is 9.03. The average Bonchev–Trinajstić information content (AvgIpc) is 3.46. The number of aliphatic hydroxyl groups is 1. The Bertz CT molecular complexity index is 1540. The summed E-state index contributed by atoms with van der Waals surface area (Å²) >= 11 is 0. The summed E-state index contributed by atoms with van der Waals surface area (Å²) in [6.07, 6.45) is 6.47. The van der Waals surface area contributed by atoms with E-state index in [4.69, 9.17) is 5.73 Å². The summed E-state index contributed by atoms with van der Waals surface area (Å²) < 4.78 is 1.13. The van der Waals surface area contributed by atoms with Gasteiger partial charge in [-0.05, 0) is 30.2 Å². The van der Waals surface area contributed by atoms with Gasteiger partial charge in [0.15, 0.2) is 0 Å². The first kappa shape index (κ1) is 22.3. The summed E-state index contributed by atoms with van der Waals surface area (Å²) in [5.41, 5.74) is 9.50. The first-order chi connectivity index (χ1) is 16.9. The number of aliphatic hydroxyl groups excluding tert-OH is 1. The van der Waals surface area contributed by atoms with Gasteiger partial charge < -0.3 is 20.9 Å². The molecule has 1 aromatic carbocycles. The standard InChI is InChI=1S/C26H23N5O4/c27-23(32)8-7-18(21-14-31(26(34)35)22-6-2-1-5-17(21)22)24(33)20-13-30-25-19(20)10-16(12-29-25)15-4-3-9-28-11-15/h1-6,9-14,18,24,33H,7-8H2,(H2,27,32)(H,29,30)(H,34,35). The van der Waals surface area contributed by atoms with Crippen LogP contribution in [0.5, 0.6) is 0 Å². The van der Waals surface area contributed by atoms with Crippen molar-refractivity contribution in [2.24, 2.45) is 5.73 Å². The maximum absolute atomic E-state index is 11.9. The molecule has 0 saturated carbocycles. The van der Waals surface area contributed by atoms with Gasteiger partial charge in [-0.2, -0.15) is 0 Å². The molecule has 35 heavy (non-hydrogen) atoms. The van der Waals surface area contributed by atoms with Crippen molar-refractivity contribution >= 4 is 33.9 Å². The minimum atomic E-state index is -1.13. The van der Waals surface area contributed by atoms with Crippen LogP contribution in [-0.2, 0) is 4.79 Å². The fourth-order valence-corrected chi connectivity index (χ4v) is 4.62. The Morgan fingerprint density at radius 2 is 1.89 bits per heavy atom. The van der Waals surface area contributed by atoms with Crippen LogP contribution >= 0.6 is 0 Å². The molecule has 4 aromatic heterocycles. The molecule has 5 N–H and O–H groups in total. The molecule has 0 aliphatic rings. The van der Waals surface area contributed by atoms with Crippen molar-refractivity contribution in [3.8, 4) is 11.1 Å². The van der Waals surface area contributed by atoms with Gasteiger partial charge in [0.1, 0.15) is 5.65 Å². The van der Waals surface area contributed by atoms with Gasteiger partial charge in [-0.25, -0.2) is 9.78 Å². The number of H-pyrrole nitrogens is 1. The van der Waals surface area contributed by atoms with Crippen LogP contribution in [-0.4, -0.2) is 41.7 Å². The van der Waals surface area contributed by atoms with Gasteiger partial charge in [0, 0.05) is 70.8 Å². The fraction of sp³-hybridized carbons (Fsp3) is 0.154. The van der Waals surface area contributed by atoms with Crippen LogP contribution in [0.1, 0.15) is 36.0 Å². The van der Waals surface area contributed by atoms with Crippen molar-refractivity contribution in [3.63, 3.8) is 0 Å². The predicted molar refractivity (Wildman–Crippen MR) is 131 cm³/mol. The molecule has 0 aliphatic heterocycles. The van der Waals surface area contributed by atoms with Crippen molar-refractivity contribution in [2.75, 3.05) is 0 Å². The zero-order valence-corrected chi connectivity index (χ0v) is 18.6. The number of benzene rings is 1. The zero-order chi connectivity index (χ0) is 24.5. The van der Waals surface area contributed by atoms with Crippen LogP contribution in [0.15, 0.2) is 73.4 Å². The van der Waals surface area contributed by atoms with Gasteiger partial charge >= 0.3 is 6.09 Å². The number of carbonyl (C=O) groups is 2. The highest BCUT2D eigenvalue weighted by Gasteiger charge is 2.29. The summed E-state index contributed by atoms with van der Waals surface area (Å²) in [7, 11) is 0. The van der Waals surface area contributed by atoms with Gasteiger partial charge in [0.05, 0.1) is 11.6 Å². The second-order valence-corrected chi connectivity index (χ2v) is 8.42. The smallest absolute Gasteiger partial charge is 0.416 e. The number of rotatable bonds is 7. The summed E-state index contributed by atoms with van der Waals surface area (Å²) in [5, 5.41) is 22.8.